The quantitative estimate of drug-likeness (QED) is 0.0604. The minimum atomic E-state index is 0.169. The highest BCUT2D eigenvalue weighted by atomic mass is 16.5. The van der Waals surface area contributed by atoms with Crippen LogP contribution in [0.5, 0.6) is 0 Å². The lowest BCUT2D eigenvalue weighted by Crippen LogP contribution is -2.36. The van der Waals surface area contributed by atoms with E-state index >= 15 is 0 Å². The Bertz CT molecular complexity index is 940. The van der Waals surface area contributed by atoms with Crippen LogP contribution in [0.4, 0.5) is 0 Å². The van der Waals surface area contributed by atoms with Crippen LogP contribution in [0.15, 0.2) is 0 Å². The monoisotopic (exact) mass is 945 g/mol. The second kappa shape index (κ2) is 42.4. The van der Waals surface area contributed by atoms with Gasteiger partial charge in [0.05, 0.1) is 79.3 Å². The summed E-state index contributed by atoms with van der Waals surface area (Å²) in [6, 6.07) is 0. The molecule has 0 bridgehead atoms. The number of ether oxygens (including phenoxy) is 7. The molecule has 0 saturated carbocycles. The van der Waals surface area contributed by atoms with E-state index in [9.17, 15) is 0 Å². The fourth-order valence-electron chi connectivity index (χ4n) is 8.12. The number of hydrogen-bond acceptors (Lipinski definition) is 7. The highest BCUT2D eigenvalue weighted by molar-refractivity contribution is 4.81. The van der Waals surface area contributed by atoms with Crippen molar-refractivity contribution < 1.29 is 33.2 Å². The van der Waals surface area contributed by atoms with Crippen molar-refractivity contribution >= 4 is 0 Å². The molecule has 402 valence electrons. The van der Waals surface area contributed by atoms with Crippen molar-refractivity contribution in [1.82, 2.24) is 0 Å². The summed E-state index contributed by atoms with van der Waals surface area (Å²) in [5.74, 6) is 3.53. The van der Waals surface area contributed by atoms with E-state index in [2.05, 4.69) is 145 Å². The molecule has 0 radical (unpaired) electrons. The molecule has 7 nitrogen and oxygen atoms in total. The minimum Gasteiger partial charge on any atom is -0.381 e. The standard InChI is InChI=1S/C27H56O5.C23H48O2.C9H20/c1-10-22(4)11-28-12-23(5)13-29-14-24(6)15-30-16-25(7)17-31-18-26(8)19-32-20-27(9)21(2)3;1-9-21(10-2,11-3)17-24-19-23(15-7,16-8)20-25-18-22(12-4,13-5)14-6;1-5-9(6-2,7-3)8-4/h21-27H,10-20H2,1-9H3;9-20H2,1-8H3;5-8H2,1-4H3. The van der Waals surface area contributed by atoms with Crippen molar-refractivity contribution in [2.45, 2.75) is 229 Å². The van der Waals surface area contributed by atoms with Crippen LogP contribution in [0, 0.1) is 63.1 Å². The van der Waals surface area contributed by atoms with Gasteiger partial charge in [0.25, 0.3) is 0 Å². The van der Waals surface area contributed by atoms with Gasteiger partial charge in [-0.15, -0.1) is 0 Å². The predicted molar refractivity (Wildman–Crippen MR) is 289 cm³/mol. The summed E-state index contributed by atoms with van der Waals surface area (Å²) >= 11 is 0. The predicted octanol–water partition coefficient (Wildman–Crippen LogP) is 16.8. The molecule has 66 heavy (non-hydrogen) atoms. The summed E-state index contributed by atoms with van der Waals surface area (Å²) in [5, 5.41) is 0. The first-order valence-corrected chi connectivity index (χ1v) is 28.3. The van der Waals surface area contributed by atoms with Crippen LogP contribution in [-0.2, 0) is 33.2 Å². The van der Waals surface area contributed by atoms with Crippen molar-refractivity contribution in [3.8, 4) is 0 Å². The minimum absolute atomic E-state index is 0.169. The molecular formula is C59H124O7. The third-order valence-electron chi connectivity index (χ3n) is 16.5. The molecular weight excluding hydrogens is 821 g/mol. The van der Waals surface area contributed by atoms with Crippen LogP contribution >= 0.6 is 0 Å². The van der Waals surface area contributed by atoms with Gasteiger partial charge in [-0.05, 0) is 85.4 Å². The van der Waals surface area contributed by atoms with Gasteiger partial charge in [-0.25, -0.2) is 0 Å². The lowest BCUT2D eigenvalue weighted by atomic mass is 9.78. The zero-order chi connectivity index (χ0) is 51.1. The summed E-state index contributed by atoms with van der Waals surface area (Å²) in [6.45, 7) is 58.5. The highest BCUT2D eigenvalue weighted by Gasteiger charge is 2.32. The summed E-state index contributed by atoms with van der Waals surface area (Å²) in [5.41, 5.74) is 1.55. The van der Waals surface area contributed by atoms with E-state index in [-0.39, 0.29) is 5.41 Å². The second-order valence-corrected chi connectivity index (χ2v) is 22.1. The van der Waals surface area contributed by atoms with Gasteiger partial charge >= 0.3 is 0 Å². The molecule has 0 amide bonds. The number of rotatable bonds is 42. The van der Waals surface area contributed by atoms with E-state index < -0.39 is 0 Å². The molecule has 6 unspecified atom stereocenters. The topological polar surface area (TPSA) is 64.6 Å². The molecule has 0 heterocycles. The van der Waals surface area contributed by atoms with Crippen molar-refractivity contribution in [2.24, 2.45) is 63.1 Å². The lowest BCUT2D eigenvalue weighted by Gasteiger charge is -2.37. The Morgan fingerprint density at radius 1 is 0.242 bits per heavy atom. The Hall–Kier alpha value is -0.280. The average molecular weight is 946 g/mol. The fraction of sp³-hybridized carbons (Fsp3) is 1.00. The van der Waals surface area contributed by atoms with Crippen LogP contribution in [0.25, 0.3) is 0 Å². The van der Waals surface area contributed by atoms with Crippen LogP contribution in [0.3, 0.4) is 0 Å². The first-order chi connectivity index (χ1) is 31.3. The van der Waals surface area contributed by atoms with Crippen LogP contribution in [-0.4, -0.2) is 92.5 Å². The summed E-state index contributed by atoms with van der Waals surface area (Å²) in [6.07, 6.45) is 16.0. The summed E-state index contributed by atoms with van der Waals surface area (Å²) < 4.78 is 41.8. The lowest BCUT2D eigenvalue weighted by molar-refractivity contribution is -0.0693. The molecule has 0 aromatic heterocycles. The van der Waals surface area contributed by atoms with Gasteiger partial charge in [0.1, 0.15) is 0 Å². The van der Waals surface area contributed by atoms with Crippen LogP contribution in [0.2, 0.25) is 0 Å². The third-order valence-corrected chi connectivity index (χ3v) is 16.5. The van der Waals surface area contributed by atoms with Gasteiger partial charge in [-0.3, -0.25) is 0 Å². The molecule has 7 heteroatoms. The first kappa shape index (κ1) is 70.0. The second-order valence-electron chi connectivity index (χ2n) is 22.1. The van der Waals surface area contributed by atoms with Crippen molar-refractivity contribution in [2.75, 3.05) is 92.5 Å². The maximum Gasteiger partial charge on any atom is 0.0544 e. The smallest absolute Gasteiger partial charge is 0.0544 e. The zero-order valence-corrected chi connectivity index (χ0v) is 49.0. The maximum atomic E-state index is 6.30. The van der Waals surface area contributed by atoms with Gasteiger partial charge in [0.2, 0.25) is 0 Å². The van der Waals surface area contributed by atoms with Gasteiger partial charge in [0, 0.05) is 42.3 Å². The molecule has 0 N–H and O–H groups in total. The van der Waals surface area contributed by atoms with Gasteiger partial charge in [-0.2, -0.15) is 0 Å². The fourth-order valence-corrected chi connectivity index (χ4v) is 8.12. The highest BCUT2D eigenvalue weighted by Crippen LogP contribution is 2.36. The van der Waals surface area contributed by atoms with Gasteiger partial charge in [0.15, 0.2) is 0 Å². The zero-order valence-electron chi connectivity index (χ0n) is 49.0. The SMILES string of the molecule is CCC(C)COCC(C)COCC(C)COCC(C)COCC(C)COCC(C)C(C)C.CCC(CC)(CC)CC.CCC(CC)(CC)COCC(CC)(CC)COCC(CC)(CC)CC. The van der Waals surface area contributed by atoms with Gasteiger partial charge < -0.3 is 33.2 Å². The third kappa shape index (κ3) is 32.6. The Balaban J connectivity index is -0.00000103. The maximum absolute atomic E-state index is 6.30. The Morgan fingerprint density at radius 3 is 0.652 bits per heavy atom. The molecule has 0 aliphatic heterocycles. The van der Waals surface area contributed by atoms with Crippen LogP contribution in [0.1, 0.15) is 229 Å². The molecule has 0 saturated heterocycles. The summed E-state index contributed by atoms with van der Waals surface area (Å²) in [7, 11) is 0. The average Bonchev–Trinajstić information content (AvgIpc) is 3.32. The molecule has 6 atom stereocenters. The Kier molecular flexibility index (Phi) is 45.0. The Morgan fingerprint density at radius 2 is 0.455 bits per heavy atom. The summed E-state index contributed by atoms with van der Waals surface area (Å²) in [4.78, 5) is 0. The van der Waals surface area contributed by atoms with Gasteiger partial charge in [-0.1, -0.05) is 178 Å². The van der Waals surface area contributed by atoms with Crippen molar-refractivity contribution in [3.63, 3.8) is 0 Å². The molecule has 0 aromatic rings. The number of hydrogen-bond donors (Lipinski definition) is 0. The molecule has 0 aromatic carbocycles. The van der Waals surface area contributed by atoms with Crippen molar-refractivity contribution in [3.05, 3.63) is 0 Å². The molecule has 0 fully saturated rings. The van der Waals surface area contributed by atoms with E-state index in [4.69, 9.17) is 33.2 Å². The van der Waals surface area contributed by atoms with E-state index in [1.807, 2.05) is 0 Å². The Labute approximate surface area is 416 Å². The van der Waals surface area contributed by atoms with E-state index in [0.717, 1.165) is 105 Å². The van der Waals surface area contributed by atoms with E-state index in [1.54, 1.807) is 0 Å². The molecule has 0 rings (SSSR count). The van der Waals surface area contributed by atoms with E-state index in [0.29, 0.717) is 57.7 Å². The molecule has 0 aliphatic rings. The van der Waals surface area contributed by atoms with Crippen LogP contribution < -0.4 is 0 Å². The normalized spacial score (nSPS) is 15.4. The van der Waals surface area contributed by atoms with E-state index in [1.165, 1.54) is 70.6 Å². The van der Waals surface area contributed by atoms with Crippen molar-refractivity contribution in [1.29, 1.82) is 0 Å². The molecule has 0 aliphatic carbocycles. The first-order valence-electron chi connectivity index (χ1n) is 28.3. The largest absolute Gasteiger partial charge is 0.381 e. The molecule has 0 spiro atoms.